The van der Waals surface area contributed by atoms with Crippen molar-refractivity contribution in [3.05, 3.63) is 41.7 Å². The standard InChI is InChI=1S/C13H11NO5/c1-8(15)18-7-10-11(13(16)17)12(14-19-10)9-5-3-2-4-6-9/h2-6H,7H2,1H3,(H,16,17). The van der Waals surface area contributed by atoms with Gasteiger partial charge in [-0.3, -0.25) is 4.79 Å². The van der Waals surface area contributed by atoms with Crippen LogP contribution >= 0.6 is 0 Å². The number of nitrogens with zero attached hydrogens (tertiary/aromatic N) is 1. The minimum Gasteiger partial charge on any atom is -0.477 e. The van der Waals surface area contributed by atoms with Crippen LogP contribution in [0, 0.1) is 0 Å². The summed E-state index contributed by atoms with van der Waals surface area (Å²) in [4.78, 5) is 22.0. The van der Waals surface area contributed by atoms with Gasteiger partial charge in [-0.05, 0) is 0 Å². The van der Waals surface area contributed by atoms with Gasteiger partial charge in [0.25, 0.3) is 0 Å². The Hall–Kier alpha value is -2.63. The van der Waals surface area contributed by atoms with Crippen molar-refractivity contribution in [2.45, 2.75) is 13.5 Å². The Morgan fingerprint density at radius 2 is 2.00 bits per heavy atom. The van der Waals surface area contributed by atoms with E-state index in [4.69, 9.17) is 9.26 Å². The number of carbonyl (C=O) groups is 2. The van der Waals surface area contributed by atoms with Gasteiger partial charge in [0.1, 0.15) is 11.3 Å². The molecule has 0 fully saturated rings. The van der Waals surface area contributed by atoms with Gasteiger partial charge >= 0.3 is 11.9 Å². The Balaban J connectivity index is 2.40. The molecular weight excluding hydrogens is 250 g/mol. The van der Waals surface area contributed by atoms with Crippen LogP contribution in [0.15, 0.2) is 34.9 Å². The summed E-state index contributed by atoms with van der Waals surface area (Å²) in [5.74, 6) is -1.68. The second kappa shape index (κ2) is 5.34. The second-order valence-electron chi connectivity index (χ2n) is 3.78. The van der Waals surface area contributed by atoms with E-state index in [-0.39, 0.29) is 23.6 Å². The summed E-state index contributed by atoms with van der Waals surface area (Å²) in [5.41, 5.74) is 0.750. The number of carboxylic acids is 1. The van der Waals surface area contributed by atoms with Crippen LogP contribution in [0.4, 0.5) is 0 Å². The van der Waals surface area contributed by atoms with E-state index in [9.17, 15) is 14.7 Å². The highest BCUT2D eigenvalue weighted by atomic mass is 16.5. The van der Waals surface area contributed by atoms with E-state index >= 15 is 0 Å². The van der Waals surface area contributed by atoms with Crippen molar-refractivity contribution < 1.29 is 24.0 Å². The molecule has 0 atom stereocenters. The van der Waals surface area contributed by atoms with Crippen LogP contribution in [0.3, 0.4) is 0 Å². The Morgan fingerprint density at radius 1 is 1.32 bits per heavy atom. The van der Waals surface area contributed by atoms with Gasteiger partial charge < -0.3 is 14.4 Å². The molecule has 2 rings (SSSR count). The maximum atomic E-state index is 11.3. The van der Waals surface area contributed by atoms with Gasteiger partial charge in [-0.25, -0.2) is 4.79 Å². The van der Waals surface area contributed by atoms with Gasteiger partial charge in [0, 0.05) is 12.5 Å². The first-order valence-electron chi connectivity index (χ1n) is 5.50. The molecule has 1 heterocycles. The van der Waals surface area contributed by atoms with Crippen LogP contribution < -0.4 is 0 Å². The molecule has 6 heteroatoms. The number of hydrogen-bond donors (Lipinski definition) is 1. The Labute approximate surface area is 108 Å². The predicted molar refractivity (Wildman–Crippen MR) is 64.4 cm³/mol. The first-order chi connectivity index (χ1) is 9.09. The van der Waals surface area contributed by atoms with Crippen molar-refractivity contribution in [1.82, 2.24) is 5.16 Å². The quantitative estimate of drug-likeness (QED) is 0.847. The first-order valence-corrected chi connectivity index (χ1v) is 5.50. The van der Waals surface area contributed by atoms with Crippen LogP contribution in [-0.2, 0) is 16.1 Å². The largest absolute Gasteiger partial charge is 0.477 e. The topological polar surface area (TPSA) is 89.6 Å². The zero-order chi connectivity index (χ0) is 13.8. The SMILES string of the molecule is CC(=O)OCc1onc(-c2ccccc2)c1C(=O)O. The van der Waals surface area contributed by atoms with Crippen molar-refractivity contribution in [3.63, 3.8) is 0 Å². The van der Waals surface area contributed by atoms with Crippen molar-refractivity contribution in [3.8, 4) is 11.3 Å². The van der Waals surface area contributed by atoms with Crippen LogP contribution in [0.2, 0.25) is 0 Å². The summed E-state index contributed by atoms with van der Waals surface area (Å²) in [7, 11) is 0. The number of benzene rings is 1. The van der Waals surface area contributed by atoms with E-state index in [0.29, 0.717) is 5.56 Å². The number of carboxylic acid groups (broad SMARTS) is 1. The van der Waals surface area contributed by atoms with Gasteiger partial charge in [-0.2, -0.15) is 0 Å². The maximum Gasteiger partial charge on any atom is 0.341 e. The smallest absolute Gasteiger partial charge is 0.341 e. The van der Waals surface area contributed by atoms with Crippen LogP contribution in [0.1, 0.15) is 23.0 Å². The normalized spacial score (nSPS) is 10.2. The van der Waals surface area contributed by atoms with Gasteiger partial charge in [0.2, 0.25) is 0 Å². The van der Waals surface area contributed by atoms with Gasteiger partial charge in [-0.15, -0.1) is 0 Å². The maximum absolute atomic E-state index is 11.3. The molecule has 0 saturated carbocycles. The number of esters is 1. The average molecular weight is 261 g/mol. The molecule has 0 aliphatic heterocycles. The summed E-state index contributed by atoms with van der Waals surface area (Å²) in [5, 5.41) is 13.0. The average Bonchev–Trinajstić information content (AvgIpc) is 2.81. The van der Waals surface area contributed by atoms with Crippen LogP contribution in [0.5, 0.6) is 0 Å². The Bertz CT molecular complexity index is 603. The van der Waals surface area contributed by atoms with E-state index in [1.165, 1.54) is 6.92 Å². The van der Waals surface area contributed by atoms with Gasteiger partial charge in [-0.1, -0.05) is 35.5 Å². The van der Waals surface area contributed by atoms with E-state index in [1.807, 2.05) is 6.07 Å². The van der Waals surface area contributed by atoms with E-state index in [0.717, 1.165) is 0 Å². The molecule has 0 radical (unpaired) electrons. The monoisotopic (exact) mass is 261 g/mol. The fourth-order valence-electron chi connectivity index (χ4n) is 1.60. The minimum atomic E-state index is -1.18. The van der Waals surface area contributed by atoms with Crippen molar-refractivity contribution >= 4 is 11.9 Å². The summed E-state index contributed by atoms with van der Waals surface area (Å²) in [6.45, 7) is 0.978. The number of rotatable bonds is 4. The number of aromatic carboxylic acids is 1. The molecule has 1 aromatic heterocycles. The molecule has 0 aliphatic carbocycles. The number of hydrogen-bond acceptors (Lipinski definition) is 5. The minimum absolute atomic E-state index is 0.0153. The predicted octanol–water partition coefficient (Wildman–Crippen LogP) is 2.10. The highest BCUT2D eigenvalue weighted by Crippen LogP contribution is 2.25. The molecule has 1 N–H and O–H groups in total. The van der Waals surface area contributed by atoms with Gasteiger partial charge in [0.05, 0.1) is 0 Å². The molecule has 1 aromatic carbocycles. The lowest BCUT2D eigenvalue weighted by atomic mass is 10.1. The zero-order valence-electron chi connectivity index (χ0n) is 10.1. The fraction of sp³-hybridized carbons (Fsp3) is 0.154. The summed E-state index contributed by atoms with van der Waals surface area (Å²) >= 11 is 0. The molecule has 0 spiro atoms. The van der Waals surface area contributed by atoms with Crippen LogP contribution in [0.25, 0.3) is 11.3 Å². The Morgan fingerprint density at radius 3 is 2.58 bits per heavy atom. The van der Waals surface area contributed by atoms with Crippen molar-refractivity contribution in [2.75, 3.05) is 0 Å². The third kappa shape index (κ3) is 2.79. The molecule has 98 valence electrons. The van der Waals surface area contributed by atoms with E-state index in [2.05, 4.69) is 5.16 Å². The molecule has 0 unspecified atom stereocenters. The molecular formula is C13H11NO5. The third-order valence-electron chi connectivity index (χ3n) is 2.43. The molecule has 2 aromatic rings. The molecule has 0 aliphatic rings. The zero-order valence-corrected chi connectivity index (χ0v) is 10.1. The third-order valence-corrected chi connectivity index (χ3v) is 2.43. The summed E-state index contributed by atoms with van der Waals surface area (Å²) < 4.78 is 9.69. The van der Waals surface area contributed by atoms with Gasteiger partial charge in [0.15, 0.2) is 12.4 Å². The summed E-state index contributed by atoms with van der Waals surface area (Å²) in [6, 6.07) is 8.78. The van der Waals surface area contributed by atoms with Crippen molar-refractivity contribution in [2.24, 2.45) is 0 Å². The fourth-order valence-corrected chi connectivity index (χ4v) is 1.60. The molecule has 0 saturated heterocycles. The Kier molecular flexibility index (Phi) is 3.61. The lowest BCUT2D eigenvalue weighted by Crippen LogP contribution is -2.05. The number of aromatic nitrogens is 1. The molecule has 19 heavy (non-hydrogen) atoms. The lowest BCUT2D eigenvalue weighted by Gasteiger charge is -2.00. The summed E-state index contributed by atoms with van der Waals surface area (Å²) in [6.07, 6.45) is 0. The number of ether oxygens (including phenoxy) is 1. The molecule has 0 bridgehead atoms. The lowest BCUT2D eigenvalue weighted by molar-refractivity contribution is -0.142. The molecule has 6 nitrogen and oxygen atoms in total. The molecule has 0 amide bonds. The van der Waals surface area contributed by atoms with E-state index in [1.54, 1.807) is 24.3 Å². The first kappa shape index (κ1) is 12.8. The second-order valence-corrected chi connectivity index (χ2v) is 3.78. The van der Waals surface area contributed by atoms with Crippen LogP contribution in [-0.4, -0.2) is 22.2 Å². The highest BCUT2D eigenvalue weighted by Gasteiger charge is 2.23. The van der Waals surface area contributed by atoms with E-state index < -0.39 is 11.9 Å². The van der Waals surface area contributed by atoms with Crippen molar-refractivity contribution in [1.29, 1.82) is 0 Å². The number of carbonyl (C=O) groups excluding carboxylic acids is 1. The highest BCUT2D eigenvalue weighted by molar-refractivity contribution is 5.95.